The van der Waals surface area contributed by atoms with E-state index in [2.05, 4.69) is 20.2 Å². The summed E-state index contributed by atoms with van der Waals surface area (Å²) in [6, 6.07) is 6.26. The van der Waals surface area contributed by atoms with Crippen LogP contribution in [0.5, 0.6) is 0 Å². The molecule has 1 aromatic carbocycles. The van der Waals surface area contributed by atoms with Gasteiger partial charge in [-0.2, -0.15) is 0 Å². The number of hydrogen-bond donors (Lipinski definition) is 2. The second-order valence-corrected chi connectivity index (χ2v) is 6.60. The largest absolute Gasteiger partial charge is 0.367 e. The summed E-state index contributed by atoms with van der Waals surface area (Å²) in [7, 11) is 0. The highest BCUT2D eigenvalue weighted by atomic mass is 19.1. The first-order valence-electron chi connectivity index (χ1n) is 8.93. The summed E-state index contributed by atoms with van der Waals surface area (Å²) in [5.74, 6) is -0.432. The molecule has 1 aromatic heterocycles. The Kier molecular flexibility index (Phi) is 5.78. The van der Waals surface area contributed by atoms with E-state index in [0.29, 0.717) is 11.5 Å². The number of nitrogens with two attached hydrogens (primary N) is 1. The zero-order chi connectivity index (χ0) is 18.5. The van der Waals surface area contributed by atoms with Gasteiger partial charge in [0, 0.05) is 19.0 Å². The van der Waals surface area contributed by atoms with Crippen LogP contribution in [0.4, 0.5) is 10.2 Å². The molecule has 2 aromatic rings. The van der Waals surface area contributed by atoms with Gasteiger partial charge >= 0.3 is 0 Å². The minimum absolute atomic E-state index is 0.124. The lowest BCUT2D eigenvalue weighted by Gasteiger charge is -2.19. The van der Waals surface area contributed by atoms with E-state index in [1.165, 1.54) is 31.2 Å². The maximum Gasteiger partial charge on any atom is 0.268 e. The van der Waals surface area contributed by atoms with Crippen molar-refractivity contribution >= 4 is 11.7 Å². The summed E-state index contributed by atoms with van der Waals surface area (Å²) in [6.07, 6.45) is 3.89. The molecule has 0 radical (unpaired) electrons. The van der Waals surface area contributed by atoms with Gasteiger partial charge in [-0.1, -0.05) is 19.1 Å². The predicted molar refractivity (Wildman–Crippen MR) is 98.6 cm³/mol. The second kappa shape index (κ2) is 8.23. The molecule has 26 heavy (non-hydrogen) atoms. The molecule has 1 aliphatic heterocycles. The molecular formula is C19H24FN5O. The molecule has 2 heterocycles. The van der Waals surface area contributed by atoms with Crippen LogP contribution in [0.2, 0.25) is 0 Å². The Morgan fingerprint density at radius 3 is 2.65 bits per heavy atom. The summed E-state index contributed by atoms with van der Waals surface area (Å²) in [6.45, 7) is 5.89. The maximum atomic E-state index is 13.2. The van der Waals surface area contributed by atoms with Crippen molar-refractivity contribution in [1.29, 1.82) is 0 Å². The van der Waals surface area contributed by atoms with Crippen molar-refractivity contribution in [2.75, 3.05) is 31.5 Å². The monoisotopic (exact) mass is 357 g/mol. The number of nitrogens with zero attached hydrogens (tertiary/aromatic N) is 3. The standard InChI is InChI=1S/C19H24FN5O/c1-13(14-4-6-15(20)7-5-14)17-19(23-12-16(24-17)18(21)26)22-8-11-25-9-2-3-10-25/h4-7,12-13H,2-3,8-11H2,1H3,(H2,21,26)(H,22,23). The second-order valence-electron chi connectivity index (χ2n) is 6.60. The molecule has 1 fully saturated rings. The maximum absolute atomic E-state index is 13.2. The van der Waals surface area contributed by atoms with Crippen LogP contribution in [0.25, 0.3) is 0 Å². The van der Waals surface area contributed by atoms with Crippen LogP contribution in [0.15, 0.2) is 30.5 Å². The summed E-state index contributed by atoms with van der Waals surface area (Å²) in [4.78, 5) is 22.7. The minimum atomic E-state index is -0.617. The number of carbonyl (C=O) groups is 1. The highest BCUT2D eigenvalue weighted by Crippen LogP contribution is 2.27. The number of benzene rings is 1. The van der Waals surface area contributed by atoms with Crippen LogP contribution in [-0.2, 0) is 0 Å². The van der Waals surface area contributed by atoms with E-state index < -0.39 is 5.91 Å². The molecule has 3 N–H and O–H groups in total. The zero-order valence-corrected chi connectivity index (χ0v) is 14.9. The van der Waals surface area contributed by atoms with Crippen LogP contribution >= 0.6 is 0 Å². The molecule has 0 aliphatic carbocycles. The third-order valence-electron chi connectivity index (χ3n) is 4.75. The van der Waals surface area contributed by atoms with Crippen molar-refractivity contribution < 1.29 is 9.18 Å². The van der Waals surface area contributed by atoms with Gasteiger partial charge in [0.05, 0.1) is 11.9 Å². The van der Waals surface area contributed by atoms with Gasteiger partial charge in [-0.05, 0) is 43.6 Å². The predicted octanol–water partition coefficient (Wildman–Crippen LogP) is 2.37. The Hall–Kier alpha value is -2.54. The number of carbonyl (C=O) groups excluding carboxylic acids is 1. The Bertz CT molecular complexity index is 759. The normalized spacial score (nSPS) is 15.8. The van der Waals surface area contributed by atoms with Gasteiger partial charge in [-0.15, -0.1) is 0 Å². The van der Waals surface area contributed by atoms with Gasteiger partial charge in [0.15, 0.2) is 0 Å². The molecule has 3 rings (SSSR count). The smallest absolute Gasteiger partial charge is 0.268 e. The first-order valence-corrected chi connectivity index (χ1v) is 8.93. The van der Waals surface area contributed by atoms with E-state index in [1.807, 2.05) is 6.92 Å². The average molecular weight is 357 g/mol. The van der Waals surface area contributed by atoms with Gasteiger partial charge in [0.1, 0.15) is 17.3 Å². The van der Waals surface area contributed by atoms with Gasteiger partial charge in [-0.25, -0.2) is 14.4 Å². The fraction of sp³-hybridized carbons (Fsp3) is 0.421. The number of anilines is 1. The summed E-state index contributed by atoms with van der Waals surface area (Å²) in [5.41, 5.74) is 7.01. The van der Waals surface area contributed by atoms with Crippen molar-refractivity contribution in [2.45, 2.75) is 25.7 Å². The van der Waals surface area contributed by atoms with E-state index in [4.69, 9.17) is 5.73 Å². The molecule has 0 spiro atoms. The molecule has 0 saturated carbocycles. The Labute approximate surface area is 152 Å². The van der Waals surface area contributed by atoms with Crippen LogP contribution in [0.1, 0.15) is 47.4 Å². The molecule has 7 heteroatoms. The molecule has 1 saturated heterocycles. The fourth-order valence-corrected chi connectivity index (χ4v) is 3.21. The van der Waals surface area contributed by atoms with Crippen molar-refractivity contribution in [1.82, 2.24) is 14.9 Å². The molecule has 0 bridgehead atoms. The number of aromatic nitrogens is 2. The summed E-state index contributed by atoms with van der Waals surface area (Å²) >= 11 is 0. The van der Waals surface area contributed by atoms with Crippen molar-refractivity contribution in [3.63, 3.8) is 0 Å². The van der Waals surface area contributed by atoms with Crippen LogP contribution < -0.4 is 11.1 Å². The number of likely N-dealkylation sites (tertiary alicyclic amines) is 1. The summed E-state index contributed by atoms with van der Waals surface area (Å²) < 4.78 is 13.2. The molecular weight excluding hydrogens is 333 g/mol. The third-order valence-corrected chi connectivity index (χ3v) is 4.75. The van der Waals surface area contributed by atoms with E-state index in [0.717, 1.165) is 31.7 Å². The van der Waals surface area contributed by atoms with Crippen molar-refractivity contribution in [3.8, 4) is 0 Å². The van der Waals surface area contributed by atoms with Gasteiger partial charge in [0.25, 0.3) is 5.91 Å². The third kappa shape index (κ3) is 4.35. The molecule has 1 amide bonds. The lowest BCUT2D eigenvalue weighted by Crippen LogP contribution is -2.27. The topological polar surface area (TPSA) is 84.1 Å². The van der Waals surface area contributed by atoms with E-state index >= 15 is 0 Å². The highest BCUT2D eigenvalue weighted by Gasteiger charge is 2.19. The van der Waals surface area contributed by atoms with Gasteiger partial charge in [0.2, 0.25) is 0 Å². The quantitative estimate of drug-likeness (QED) is 0.795. The highest BCUT2D eigenvalue weighted by molar-refractivity contribution is 5.90. The Balaban J connectivity index is 1.80. The van der Waals surface area contributed by atoms with Crippen LogP contribution in [-0.4, -0.2) is 47.0 Å². The van der Waals surface area contributed by atoms with E-state index in [1.54, 1.807) is 12.1 Å². The van der Waals surface area contributed by atoms with Gasteiger partial charge in [-0.3, -0.25) is 4.79 Å². The lowest BCUT2D eigenvalue weighted by molar-refractivity contribution is 0.0995. The summed E-state index contributed by atoms with van der Waals surface area (Å²) in [5, 5.41) is 3.33. The number of nitrogens with one attached hydrogen (secondary N) is 1. The zero-order valence-electron chi connectivity index (χ0n) is 14.9. The SMILES string of the molecule is CC(c1ccc(F)cc1)c1nc(C(N)=O)cnc1NCCN1CCCC1. The Morgan fingerprint density at radius 2 is 2.00 bits per heavy atom. The van der Waals surface area contributed by atoms with Crippen molar-refractivity contribution in [2.24, 2.45) is 5.73 Å². The number of halogens is 1. The molecule has 1 unspecified atom stereocenters. The van der Waals surface area contributed by atoms with E-state index in [-0.39, 0.29) is 17.4 Å². The molecule has 6 nitrogen and oxygen atoms in total. The lowest BCUT2D eigenvalue weighted by atomic mass is 9.97. The molecule has 1 atom stereocenters. The van der Waals surface area contributed by atoms with Crippen LogP contribution in [0, 0.1) is 5.82 Å². The first kappa shape index (κ1) is 18.3. The molecule has 138 valence electrons. The van der Waals surface area contributed by atoms with Crippen molar-refractivity contribution in [3.05, 3.63) is 53.2 Å². The number of amides is 1. The first-order chi connectivity index (χ1) is 12.5. The average Bonchev–Trinajstić information content (AvgIpc) is 3.15. The fourth-order valence-electron chi connectivity index (χ4n) is 3.21. The van der Waals surface area contributed by atoms with Gasteiger partial charge < -0.3 is 16.0 Å². The van der Waals surface area contributed by atoms with E-state index in [9.17, 15) is 9.18 Å². The minimum Gasteiger partial charge on any atom is -0.367 e. The molecule has 1 aliphatic rings. The number of hydrogen-bond acceptors (Lipinski definition) is 5. The number of rotatable bonds is 7. The number of primary amides is 1. The Morgan fingerprint density at radius 1 is 1.31 bits per heavy atom. The van der Waals surface area contributed by atoms with Crippen LogP contribution in [0.3, 0.4) is 0 Å².